The number of hydrogen-bond donors (Lipinski definition) is 2. The standard InChI is InChI=1S/C8H15NO/c9-8(5-10,6-1-2-6)7-3-4-7/h6-7,10H,1-5,9H2. The fourth-order valence-electron chi connectivity index (χ4n) is 1.83. The van der Waals surface area contributed by atoms with Gasteiger partial charge in [-0.1, -0.05) is 0 Å². The van der Waals surface area contributed by atoms with E-state index in [2.05, 4.69) is 0 Å². The zero-order chi connectivity index (χ0) is 7.19. The van der Waals surface area contributed by atoms with E-state index in [4.69, 9.17) is 10.8 Å². The highest BCUT2D eigenvalue weighted by atomic mass is 16.3. The highest BCUT2D eigenvalue weighted by molar-refractivity contribution is 5.07. The van der Waals surface area contributed by atoms with Gasteiger partial charge in [-0.25, -0.2) is 0 Å². The Bertz CT molecular complexity index is 126. The molecule has 0 aliphatic heterocycles. The van der Waals surface area contributed by atoms with Gasteiger partial charge in [0.2, 0.25) is 0 Å². The van der Waals surface area contributed by atoms with Crippen LogP contribution in [0.3, 0.4) is 0 Å². The highest BCUT2D eigenvalue weighted by Crippen LogP contribution is 2.50. The van der Waals surface area contributed by atoms with Gasteiger partial charge in [-0.2, -0.15) is 0 Å². The van der Waals surface area contributed by atoms with Crippen LogP contribution in [0, 0.1) is 11.8 Å². The zero-order valence-electron chi connectivity index (χ0n) is 6.21. The minimum atomic E-state index is -0.181. The lowest BCUT2D eigenvalue weighted by molar-refractivity contribution is 0.157. The van der Waals surface area contributed by atoms with E-state index in [1.54, 1.807) is 0 Å². The summed E-state index contributed by atoms with van der Waals surface area (Å²) in [5.41, 5.74) is 5.88. The largest absolute Gasteiger partial charge is 0.394 e. The maximum absolute atomic E-state index is 9.08. The van der Waals surface area contributed by atoms with Crippen molar-refractivity contribution in [2.45, 2.75) is 31.2 Å². The van der Waals surface area contributed by atoms with E-state index in [9.17, 15) is 0 Å². The van der Waals surface area contributed by atoms with Crippen molar-refractivity contribution in [2.75, 3.05) is 6.61 Å². The van der Waals surface area contributed by atoms with E-state index in [0.717, 1.165) is 0 Å². The first kappa shape index (κ1) is 6.62. The monoisotopic (exact) mass is 141 g/mol. The average molecular weight is 141 g/mol. The van der Waals surface area contributed by atoms with Crippen molar-refractivity contribution < 1.29 is 5.11 Å². The molecule has 2 aliphatic rings. The first-order chi connectivity index (χ1) is 4.77. The molecule has 0 aromatic heterocycles. The molecule has 2 aliphatic carbocycles. The predicted molar refractivity (Wildman–Crippen MR) is 39.5 cm³/mol. The Morgan fingerprint density at radius 2 is 1.60 bits per heavy atom. The summed E-state index contributed by atoms with van der Waals surface area (Å²) in [6.45, 7) is 0.197. The molecule has 0 heterocycles. The Morgan fingerprint density at radius 3 is 1.80 bits per heavy atom. The SMILES string of the molecule is NC(CO)(C1CC1)C1CC1. The molecule has 2 nitrogen and oxygen atoms in total. The maximum Gasteiger partial charge on any atom is 0.0616 e. The summed E-state index contributed by atoms with van der Waals surface area (Å²) >= 11 is 0. The number of aliphatic hydroxyl groups excluding tert-OH is 1. The average Bonchev–Trinajstić information content (AvgIpc) is 2.73. The van der Waals surface area contributed by atoms with Gasteiger partial charge in [0, 0.05) is 5.54 Å². The third-order valence-electron chi connectivity index (χ3n) is 2.95. The van der Waals surface area contributed by atoms with E-state index in [1.165, 1.54) is 25.7 Å². The van der Waals surface area contributed by atoms with Crippen molar-refractivity contribution in [1.82, 2.24) is 0 Å². The second-order valence-corrected chi connectivity index (χ2v) is 3.82. The van der Waals surface area contributed by atoms with Crippen molar-refractivity contribution in [1.29, 1.82) is 0 Å². The summed E-state index contributed by atoms with van der Waals surface area (Å²) in [5, 5.41) is 9.08. The van der Waals surface area contributed by atoms with Crippen molar-refractivity contribution in [3.05, 3.63) is 0 Å². The van der Waals surface area contributed by atoms with E-state index >= 15 is 0 Å². The van der Waals surface area contributed by atoms with Crippen molar-refractivity contribution in [3.8, 4) is 0 Å². The maximum atomic E-state index is 9.08. The number of rotatable bonds is 3. The summed E-state index contributed by atoms with van der Waals surface area (Å²) in [7, 11) is 0. The third-order valence-corrected chi connectivity index (χ3v) is 2.95. The van der Waals surface area contributed by atoms with Crippen LogP contribution >= 0.6 is 0 Å². The minimum Gasteiger partial charge on any atom is -0.394 e. The Balaban J connectivity index is 2.03. The molecule has 2 heteroatoms. The van der Waals surface area contributed by atoms with Gasteiger partial charge in [-0.3, -0.25) is 0 Å². The molecule has 3 N–H and O–H groups in total. The van der Waals surface area contributed by atoms with Crippen LogP contribution in [0.1, 0.15) is 25.7 Å². The van der Waals surface area contributed by atoms with Gasteiger partial charge < -0.3 is 10.8 Å². The smallest absolute Gasteiger partial charge is 0.0616 e. The normalized spacial score (nSPS) is 27.0. The van der Waals surface area contributed by atoms with Crippen LogP contribution in [0.5, 0.6) is 0 Å². The van der Waals surface area contributed by atoms with E-state index in [0.29, 0.717) is 11.8 Å². The molecule has 0 atom stereocenters. The molecule has 2 fully saturated rings. The molecule has 2 rings (SSSR count). The lowest BCUT2D eigenvalue weighted by atomic mass is 9.90. The molecular weight excluding hydrogens is 126 g/mol. The lowest BCUT2D eigenvalue weighted by Crippen LogP contribution is -2.48. The van der Waals surface area contributed by atoms with Crippen LogP contribution < -0.4 is 5.73 Å². The lowest BCUT2D eigenvalue weighted by Gasteiger charge is -2.26. The van der Waals surface area contributed by atoms with Gasteiger partial charge in [0.05, 0.1) is 6.61 Å². The number of hydrogen-bond acceptors (Lipinski definition) is 2. The molecular formula is C8H15NO. The molecule has 0 bridgehead atoms. The Kier molecular flexibility index (Phi) is 1.29. The highest BCUT2D eigenvalue weighted by Gasteiger charge is 2.51. The summed E-state index contributed by atoms with van der Waals surface area (Å²) in [6.07, 6.45) is 4.97. The molecule has 0 spiro atoms. The Morgan fingerprint density at radius 1 is 1.20 bits per heavy atom. The topological polar surface area (TPSA) is 46.2 Å². The second kappa shape index (κ2) is 1.95. The molecule has 0 aromatic carbocycles. The molecule has 10 heavy (non-hydrogen) atoms. The third kappa shape index (κ3) is 0.867. The summed E-state index contributed by atoms with van der Waals surface area (Å²) in [5.74, 6) is 1.29. The molecule has 0 radical (unpaired) electrons. The van der Waals surface area contributed by atoms with Gasteiger partial charge in [-0.15, -0.1) is 0 Å². The van der Waals surface area contributed by atoms with E-state index < -0.39 is 0 Å². The Hall–Kier alpha value is -0.0800. The van der Waals surface area contributed by atoms with Crippen LogP contribution in [0.4, 0.5) is 0 Å². The van der Waals surface area contributed by atoms with Crippen molar-refractivity contribution >= 4 is 0 Å². The van der Waals surface area contributed by atoms with Crippen LogP contribution in [-0.4, -0.2) is 17.3 Å². The van der Waals surface area contributed by atoms with Gasteiger partial charge in [0.15, 0.2) is 0 Å². The van der Waals surface area contributed by atoms with E-state index in [-0.39, 0.29) is 12.1 Å². The fourth-order valence-corrected chi connectivity index (χ4v) is 1.83. The summed E-state index contributed by atoms with van der Waals surface area (Å²) < 4.78 is 0. The van der Waals surface area contributed by atoms with Crippen molar-refractivity contribution in [3.63, 3.8) is 0 Å². The predicted octanol–water partition coefficient (Wildman–Crippen LogP) is 0.496. The van der Waals surface area contributed by atoms with Gasteiger partial charge >= 0.3 is 0 Å². The fraction of sp³-hybridized carbons (Fsp3) is 1.00. The van der Waals surface area contributed by atoms with E-state index in [1.807, 2.05) is 0 Å². The second-order valence-electron chi connectivity index (χ2n) is 3.82. The quantitative estimate of drug-likeness (QED) is 0.601. The van der Waals surface area contributed by atoms with Crippen molar-refractivity contribution in [2.24, 2.45) is 17.6 Å². The summed E-state index contributed by atoms with van der Waals surface area (Å²) in [6, 6.07) is 0. The molecule has 58 valence electrons. The first-order valence-corrected chi connectivity index (χ1v) is 4.17. The first-order valence-electron chi connectivity index (χ1n) is 4.17. The summed E-state index contributed by atoms with van der Waals surface area (Å²) in [4.78, 5) is 0. The minimum absolute atomic E-state index is 0.181. The van der Waals surface area contributed by atoms with Crippen LogP contribution in [0.15, 0.2) is 0 Å². The van der Waals surface area contributed by atoms with Crippen LogP contribution in [0.2, 0.25) is 0 Å². The molecule has 0 aromatic rings. The zero-order valence-corrected chi connectivity index (χ0v) is 6.21. The van der Waals surface area contributed by atoms with Crippen LogP contribution in [-0.2, 0) is 0 Å². The molecule has 0 amide bonds. The Labute approximate surface area is 61.4 Å². The van der Waals surface area contributed by atoms with Gasteiger partial charge in [0.1, 0.15) is 0 Å². The number of aliphatic hydroxyl groups is 1. The molecule has 0 unspecified atom stereocenters. The van der Waals surface area contributed by atoms with Crippen LogP contribution in [0.25, 0.3) is 0 Å². The molecule has 2 saturated carbocycles. The van der Waals surface area contributed by atoms with Gasteiger partial charge in [0.25, 0.3) is 0 Å². The van der Waals surface area contributed by atoms with Gasteiger partial charge in [-0.05, 0) is 37.5 Å². The molecule has 0 saturated heterocycles. The number of nitrogens with two attached hydrogens (primary N) is 1.